The van der Waals surface area contributed by atoms with Gasteiger partial charge in [0, 0.05) is 5.69 Å². The number of thiazole rings is 1. The van der Waals surface area contributed by atoms with E-state index in [1.54, 1.807) is 13.1 Å². The van der Waals surface area contributed by atoms with Crippen LogP contribution in [0.1, 0.15) is 61.2 Å². The molecule has 3 N–H and O–H groups in total. The van der Waals surface area contributed by atoms with Crippen LogP contribution in [0.15, 0.2) is 41.5 Å². The monoisotopic (exact) mass is 439 g/mol. The standard InChI is InChI=1S/C23H29N5O2S/c1-3-30-20(29)19-15-24-22(31-19)26-21(25-17-10-5-4-6-11-17)28-23(2)14-13-16-9-7-8-12-18(16)27-23/h7-9,12-15,17,27H,3-6,10-11H2,1-2H3,(H2,24,25,26,28). The number of anilines is 2. The van der Waals surface area contributed by atoms with Crippen molar-refractivity contribution in [3.63, 3.8) is 0 Å². The van der Waals surface area contributed by atoms with Gasteiger partial charge in [0.05, 0.1) is 18.8 Å². The fraction of sp³-hybridized carbons (Fsp3) is 0.435. The van der Waals surface area contributed by atoms with Crippen LogP contribution in [0.25, 0.3) is 6.08 Å². The minimum atomic E-state index is -0.518. The predicted octanol–water partition coefficient (Wildman–Crippen LogP) is 4.87. The zero-order chi connectivity index (χ0) is 21.7. The molecular weight excluding hydrogens is 410 g/mol. The van der Waals surface area contributed by atoms with Crippen molar-refractivity contribution in [1.82, 2.24) is 10.3 Å². The number of rotatable bonds is 5. The third-order valence-corrected chi connectivity index (χ3v) is 6.32. The number of aromatic nitrogens is 1. The average molecular weight is 440 g/mol. The van der Waals surface area contributed by atoms with Crippen molar-refractivity contribution >= 4 is 40.2 Å². The molecule has 2 heterocycles. The van der Waals surface area contributed by atoms with Crippen molar-refractivity contribution in [1.29, 1.82) is 0 Å². The Kier molecular flexibility index (Phi) is 6.56. The summed E-state index contributed by atoms with van der Waals surface area (Å²) >= 11 is 1.26. The quantitative estimate of drug-likeness (QED) is 0.350. The van der Waals surface area contributed by atoms with Crippen molar-refractivity contribution in [3.8, 4) is 0 Å². The third-order valence-electron chi connectivity index (χ3n) is 5.42. The molecular formula is C23H29N5O2S. The lowest BCUT2D eigenvalue weighted by Crippen LogP contribution is -2.53. The molecule has 31 heavy (non-hydrogen) atoms. The van der Waals surface area contributed by atoms with Gasteiger partial charge in [-0.15, -0.1) is 0 Å². The van der Waals surface area contributed by atoms with E-state index in [9.17, 15) is 4.79 Å². The highest BCUT2D eigenvalue weighted by Crippen LogP contribution is 2.27. The molecule has 8 heteroatoms. The number of carbonyl (C=O) groups excluding carboxylic acids is 1. The molecule has 1 fully saturated rings. The van der Waals surface area contributed by atoms with Crippen molar-refractivity contribution in [3.05, 3.63) is 47.0 Å². The van der Waals surface area contributed by atoms with Crippen molar-refractivity contribution in [2.24, 2.45) is 4.99 Å². The number of carbonyl (C=O) groups is 1. The Hall–Kier alpha value is -2.87. The fourth-order valence-corrected chi connectivity index (χ4v) is 4.58. The van der Waals surface area contributed by atoms with Crippen LogP contribution in [0.4, 0.5) is 10.8 Å². The molecule has 1 aromatic heterocycles. The summed E-state index contributed by atoms with van der Waals surface area (Å²) in [6.07, 6.45) is 11.6. The van der Waals surface area contributed by atoms with Crippen LogP contribution in [-0.4, -0.2) is 35.2 Å². The molecule has 0 saturated heterocycles. The van der Waals surface area contributed by atoms with Gasteiger partial charge in [-0.05, 0) is 44.4 Å². The molecule has 164 valence electrons. The second-order valence-corrected chi connectivity index (χ2v) is 9.05. The highest BCUT2D eigenvalue weighted by molar-refractivity contribution is 7.17. The lowest BCUT2D eigenvalue weighted by atomic mass is 9.96. The third kappa shape index (κ3) is 5.44. The molecule has 0 radical (unpaired) electrons. The number of para-hydroxylation sites is 1. The minimum absolute atomic E-state index is 0.275. The first-order valence-electron chi connectivity index (χ1n) is 10.9. The molecule has 1 aliphatic carbocycles. The topological polar surface area (TPSA) is 87.6 Å². The van der Waals surface area contributed by atoms with Crippen molar-refractivity contribution in [2.45, 2.75) is 57.7 Å². The Labute approximate surface area is 187 Å². The SMILES string of the molecule is CCOC(=O)c1cnc(NC(=NC2CCCCC2)NC2(C)C=Cc3ccccc3N2)s1. The largest absolute Gasteiger partial charge is 0.462 e. The maximum atomic E-state index is 12.0. The first-order chi connectivity index (χ1) is 15.0. The Morgan fingerprint density at radius 1 is 1.32 bits per heavy atom. The Balaban J connectivity index is 1.54. The van der Waals surface area contributed by atoms with Gasteiger partial charge in [-0.3, -0.25) is 0 Å². The maximum Gasteiger partial charge on any atom is 0.350 e. The van der Waals surface area contributed by atoms with E-state index in [1.165, 1.54) is 30.6 Å². The number of esters is 1. The second kappa shape index (κ2) is 9.51. The lowest BCUT2D eigenvalue weighted by Gasteiger charge is -2.35. The van der Waals surface area contributed by atoms with E-state index in [4.69, 9.17) is 9.73 Å². The molecule has 1 aliphatic heterocycles. The van der Waals surface area contributed by atoms with Gasteiger partial charge in [0.25, 0.3) is 0 Å². The van der Waals surface area contributed by atoms with Gasteiger partial charge in [0.2, 0.25) is 0 Å². The fourth-order valence-electron chi connectivity index (χ4n) is 3.87. The molecule has 0 amide bonds. The van der Waals surface area contributed by atoms with Gasteiger partial charge in [-0.1, -0.05) is 54.9 Å². The van der Waals surface area contributed by atoms with Crippen LogP contribution in [0.3, 0.4) is 0 Å². The molecule has 2 aliphatic rings. The summed E-state index contributed by atoms with van der Waals surface area (Å²) in [5.41, 5.74) is 1.70. The minimum Gasteiger partial charge on any atom is -0.462 e. The van der Waals surface area contributed by atoms with E-state index in [1.807, 2.05) is 12.1 Å². The summed E-state index contributed by atoms with van der Waals surface area (Å²) in [5, 5.41) is 11.0. The smallest absolute Gasteiger partial charge is 0.350 e. The lowest BCUT2D eigenvalue weighted by molar-refractivity contribution is 0.0532. The van der Waals surface area contributed by atoms with Gasteiger partial charge in [-0.25, -0.2) is 14.8 Å². The Bertz CT molecular complexity index is 980. The van der Waals surface area contributed by atoms with Crippen LogP contribution in [0, 0.1) is 0 Å². The number of guanidine groups is 1. The van der Waals surface area contributed by atoms with Gasteiger partial charge in [0.15, 0.2) is 11.1 Å². The van der Waals surface area contributed by atoms with Gasteiger partial charge < -0.3 is 20.7 Å². The highest BCUT2D eigenvalue weighted by atomic mass is 32.1. The number of benzene rings is 1. The second-order valence-electron chi connectivity index (χ2n) is 8.02. The molecule has 2 aromatic rings. The molecule has 1 saturated carbocycles. The van der Waals surface area contributed by atoms with Gasteiger partial charge >= 0.3 is 5.97 Å². The first-order valence-corrected chi connectivity index (χ1v) is 11.7. The molecule has 1 unspecified atom stereocenters. The molecule has 1 aromatic carbocycles. The summed E-state index contributed by atoms with van der Waals surface area (Å²) < 4.78 is 5.08. The zero-order valence-electron chi connectivity index (χ0n) is 18.0. The van der Waals surface area contributed by atoms with E-state index in [0.717, 1.165) is 24.1 Å². The van der Waals surface area contributed by atoms with E-state index in [2.05, 4.69) is 52.1 Å². The number of hydrogen-bond acceptors (Lipinski definition) is 6. The van der Waals surface area contributed by atoms with E-state index < -0.39 is 5.66 Å². The van der Waals surface area contributed by atoms with Crippen LogP contribution in [-0.2, 0) is 4.74 Å². The summed E-state index contributed by atoms with van der Waals surface area (Å²) in [5.74, 6) is 0.294. The summed E-state index contributed by atoms with van der Waals surface area (Å²) in [7, 11) is 0. The normalized spacial score (nSPS) is 21.2. The Morgan fingerprint density at radius 3 is 2.94 bits per heavy atom. The zero-order valence-corrected chi connectivity index (χ0v) is 18.8. The number of hydrogen-bond donors (Lipinski definition) is 3. The molecule has 4 rings (SSSR count). The number of nitrogens with zero attached hydrogens (tertiary/aromatic N) is 2. The van der Waals surface area contributed by atoms with Gasteiger partial charge in [0.1, 0.15) is 10.5 Å². The molecule has 1 atom stereocenters. The summed E-state index contributed by atoms with van der Waals surface area (Å²) in [6.45, 7) is 4.21. The van der Waals surface area contributed by atoms with Crippen LogP contribution >= 0.6 is 11.3 Å². The number of ether oxygens (including phenoxy) is 1. The van der Waals surface area contributed by atoms with E-state index in [-0.39, 0.29) is 12.0 Å². The molecule has 0 spiro atoms. The number of fused-ring (bicyclic) bond motifs is 1. The van der Waals surface area contributed by atoms with E-state index >= 15 is 0 Å². The van der Waals surface area contributed by atoms with E-state index in [0.29, 0.717) is 22.6 Å². The molecule has 7 nitrogen and oxygen atoms in total. The average Bonchev–Trinajstić information content (AvgIpc) is 3.23. The van der Waals surface area contributed by atoms with Crippen LogP contribution in [0.5, 0.6) is 0 Å². The van der Waals surface area contributed by atoms with Crippen molar-refractivity contribution in [2.75, 3.05) is 17.2 Å². The van der Waals surface area contributed by atoms with Crippen molar-refractivity contribution < 1.29 is 9.53 Å². The summed E-state index contributed by atoms with van der Waals surface area (Å²) in [6, 6.07) is 8.48. The Morgan fingerprint density at radius 2 is 2.13 bits per heavy atom. The number of aliphatic imine (C=N–C) groups is 1. The number of nitrogens with one attached hydrogen (secondary N) is 3. The summed E-state index contributed by atoms with van der Waals surface area (Å²) in [4.78, 5) is 21.8. The van der Waals surface area contributed by atoms with Crippen LogP contribution in [0.2, 0.25) is 0 Å². The first kappa shape index (κ1) is 21.4. The molecule has 0 bridgehead atoms. The highest BCUT2D eigenvalue weighted by Gasteiger charge is 2.27. The predicted molar refractivity (Wildman–Crippen MR) is 127 cm³/mol. The van der Waals surface area contributed by atoms with Gasteiger partial charge in [-0.2, -0.15) is 0 Å². The van der Waals surface area contributed by atoms with Crippen LogP contribution < -0.4 is 16.0 Å². The maximum absolute atomic E-state index is 12.0.